The molecule has 4 aliphatic heterocycles. The molecule has 678 valence electrons. The van der Waals surface area contributed by atoms with E-state index in [1.807, 2.05) is 71.9 Å². The third-order valence-corrected chi connectivity index (χ3v) is 29.0. The van der Waals surface area contributed by atoms with E-state index in [9.17, 15) is 9.90 Å². The predicted octanol–water partition coefficient (Wildman–Crippen LogP) is 37.6. The van der Waals surface area contributed by atoms with E-state index in [0.717, 1.165) is 83.0 Å². The minimum Gasteiger partial charge on any atom is -0.508 e. The van der Waals surface area contributed by atoms with Crippen LogP contribution in [0.4, 0.5) is 0 Å². The van der Waals surface area contributed by atoms with Crippen LogP contribution in [0.5, 0.6) is 97.7 Å². The molecule has 0 unspecified atom stereocenters. The van der Waals surface area contributed by atoms with Crippen LogP contribution in [0.25, 0.3) is 0 Å². The van der Waals surface area contributed by atoms with E-state index in [2.05, 4.69) is 45.3 Å². The molecule has 128 heavy (non-hydrogen) atoms. The Morgan fingerprint density at radius 2 is 0.672 bits per heavy atom. The molecule has 0 aliphatic carbocycles. The monoisotopic (exact) mass is 2410 g/mol. The molecule has 16 rings (SSSR count). The summed E-state index contributed by atoms with van der Waals surface area (Å²) in [6.45, 7) is 22.3. The maximum Gasteiger partial charge on any atom is 0.341 e. The maximum atomic E-state index is 10.6. The van der Waals surface area contributed by atoms with E-state index >= 15 is 0 Å². The molecule has 12 aromatic rings. The number of rotatable bonds is 10. The van der Waals surface area contributed by atoms with Crippen molar-refractivity contribution in [2.45, 2.75) is 94.6 Å². The summed E-state index contributed by atoms with van der Waals surface area (Å²) >= 11 is 120. The number of hydrogen-bond acceptors (Lipinski definition) is 17. The number of hydrogen-bond donors (Lipinski definition) is 3. The molecule has 3 N–H and O–H groups in total. The third-order valence-electron chi connectivity index (χ3n) is 17.1. The number of phenolic OH excluding ortho intramolecular Hbond substituents is 2. The number of methoxy groups -OCH3 is 3. The van der Waals surface area contributed by atoms with Crippen LogP contribution >= 0.6 is 288 Å². The molecule has 0 atom stereocenters. The molecule has 0 saturated heterocycles. The van der Waals surface area contributed by atoms with Crippen LogP contribution in [0.2, 0.25) is 90.4 Å². The average molecular weight is 2420 g/mol. The molecule has 4 radical (unpaired) electrons. The van der Waals surface area contributed by atoms with Gasteiger partial charge in [0.2, 0.25) is 0 Å². The fraction of sp³-hybridized carbons (Fsp3) is 0.149. The van der Waals surface area contributed by atoms with E-state index in [0.29, 0.717) is 162 Å². The fourth-order valence-corrected chi connectivity index (χ4v) is 19.4. The Morgan fingerprint density at radius 3 is 1.03 bits per heavy atom. The summed E-state index contributed by atoms with van der Waals surface area (Å²) in [5.41, 5.74) is 4.57. The van der Waals surface area contributed by atoms with Crippen LogP contribution in [-0.2, 0) is 54.6 Å². The van der Waals surface area contributed by atoms with E-state index in [1.165, 1.54) is 29.6 Å². The molecule has 0 amide bonds. The van der Waals surface area contributed by atoms with Gasteiger partial charge in [0.05, 0.1) is 158 Å². The zero-order chi connectivity index (χ0) is 93.3. The summed E-state index contributed by atoms with van der Waals surface area (Å²) in [4.78, 5) is 17.6. The maximum absolute atomic E-state index is 10.6. The second-order valence-electron chi connectivity index (χ2n) is 25.2. The van der Waals surface area contributed by atoms with Gasteiger partial charge >= 0.3 is 5.97 Å². The van der Waals surface area contributed by atoms with Crippen LogP contribution in [0.15, 0.2) is 177 Å². The summed E-state index contributed by atoms with van der Waals surface area (Å²) in [6.07, 6.45) is 0. The van der Waals surface area contributed by atoms with Gasteiger partial charge in [-0.05, 0) is 152 Å². The largest absolute Gasteiger partial charge is 0.508 e. The zero-order valence-corrected chi connectivity index (χ0v) is 91.6. The number of aromatic hydroxyl groups is 2. The van der Waals surface area contributed by atoms with Gasteiger partial charge in [0.1, 0.15) is 97.7 Å². The van der Waals surface area contributed by atoms with Crippen molar-refractivity contribution in [1.29, 1.82) is 0 Å². The van der Waals surface area contributed by atoms with Crippen molar-refractivity contribution in [3.63, 3.8) is 0 Å². The van der Waals surface area contributed by atoms with Gasteiger partial charge in [-0.1, -0.05) is 272 Å². The van der Waals surface area contributed by atoms with Crippen LogP contribution < -0.4 is 47.4 Å². The fourth-order valence-electron chi connectivity index (χ4n) is 10.8. The van der Waals surface area contributed by atoms with Crippen molar-refractivity contribution in [3.05, 3.63) is 269 Å². The molecule has 0 fully saturated rings. The standard InChI is InChI=1S/C15H9Cl3O4S.C15H11Cl3O2S.C14H9Cl3O2S.C14H11Cl3O2.C13H7Cl3O2S.C7H6BrClO.C7H6Cl2O.C2H5.BBr.Cu.Y/c1-6-14(18)8(17)3-12-15(6)22-10-2-7(16)9(4-11(10)23-12)21-5-13(19)20;1-3-19-10-6-12-11(4-8(10)16)20-15-7(2)14(18)9(17)5-13(15)21-12;1-6-13(17)8(16)4-12-14(6)19-10-3-7(15)9(18-2)5-11(10)20-12;1-8-12(6-4-10(15)14(8)17)19-9-3-5-13(18-2)11(16)7-9;1-5-12(16)7(15)3-11-13(5)18-9-2-6(14)8(17)4-10(9)19-11;1-10-7-3-2-5(8)4-6(7)9;1-4-6(10)3-2-5(8)7(4)9;2*1-2;;/h2-4H,5H2,1H3,(H,19,20);4-6H,3H2,1-2H3;3-5H,1-2H3;3-7H,1-2H3;2-4,17H,1H3;2-4H,1H3;2-3,10H,1H3;1H2,2H3;;;/q;;;;;;;-1;;;. The Bertz CT molecular complexity index is 6060. The van der Waals surface area contributed by atoms with Crippen LogP contribution in [0.3, 0.4) is 0 Å². The first-order valence-corrected chi connectivity index (χ1v) is 47.5. The molecular formula is C87H64BBr2Cl18CuO14S4Y-. The Balaban J connectivity index is 0.000000231. The molecule has 0 bridgehead atoms. The number of fused-ring (bicyclic) bond motifs is 8. The van der Waals surface area contributed by atoms with E-state index < -0.39 is 12.6 Å². The van der Waals surface area contributed by atoms with E-state index in [-0.39, 0.29) is 77.1 Å². The van der Waals surface area contributed by atoms with Gasteiger partial charge in [-0.3, -0.25) is 0 Å². The van der Waals surface area contributed by atoms with Crippen LogP contribution in [0, 0.1) is 48.5 Å². The number of phenols is 2. The molecule has 4 heterocycles. The quantitative estimate of drug-likeness (QED) is 0.0872. The third kappa shape index (κ3) is 29.0. The van der Waals surface area contributed by atoms with Crippen molar-refractivity contribution in [2.75, 3.05) is 34.5 Å². The van der Waals surface area contributed by atoms with Crippen LogP contribution in [-0.4, -0.2) is 62.5 Å². The second kappa shape index (κ2) is 53.1. The normalized spacial score (nSPS) is 11.2. The average Bonchev–Trinajstić information content (AvgIpc) is 0.777. The first-order valence-electron chi connectivity index (χ1n) is 35.7. The zero-order valence-electron chi connectivity index (χ0n) is 67.8. The van der Waals surface area contributed by atoms with Crippen LogP contribution in [0.1, 0.15) is 47.2 Å². The molecule has 41 heteroatoms. The molecule has 12 aromatic carbocycles. The number of halogens is 20. The molecule has 0 spiro atoms. The number of aliphatic carboxylic acids is 1. The Morgan fingerprint density at radius 1 is 0.359 bits per heavy atom. The first kappa shape index (κ1) is 114. The molecular weight excluding hydrogens is 2360 g/mol. The van der Waals surface area contributed by atoms with Gasteiger partial charge in [0, 0.05) is 118 Å². The van der Waals surface area contributed by atoms with Gasteiger partial charge in [0.15, 0.2) is 13.3 Å². The van der Waals surface area contributed by atoms with E-state index in [4.69, 9.17) is 266 Å². The number of benzene rings is 12. The number of carbonyl (C=O) groups is 1. The minimum atomic E-state index is -1.08. The summed E-state index contributed by atoms with van der Waals surface area (Å²) in [5.74, 6) is 8.49. The first-order chi connectivity index (χ1) is 59.7. The van der Waals surface area contributed by atoms with Crippen molar-refractivity contribution >= 4 is 300 Å². The van der Waals surface area contributed by atoms with Gasteiger partial charge in [-0.25, -0.2) is 4.79 Å². The van der Waals surface area contributed by atoms with Gasteiger partial charge in [-0.15, -0.1) is 0 Å². The number of carboxylic acid groups (broad SMARTS) is 1. The summed E-state index contributed by atoms with van der Waals surface area (Å²) < 4.78 is 56.2. The summed E-state index contributed by atoms with van der Waals surface area (Å²) in [6, 6.07) is 38.0. The SMILES string of the molecule is CCOc1cc2c(cc1Cl)Oc1c(cc(Cl)c(Cl)c1C)S2.COc1cc2c(cc1Cl)Oc1c(cc(Cl)c(Cl)c1C)S2.COc1ccc(Br)cc1Cl.COc1ccc(Oc2ccc(Cl)c(Cl)c2C)cc1Cl.Cc1c(Cl)c(Cl)cc2c1Oc1cc(Cl)c(O)cc1S2.Cc1c(Cl)c(Cl)cc2c1Oc1cc(Cl)c(OCC(=O)O)cc1S2.Cc1c(O)ccc(Cl)c1Cl.[B]Br.[CH2-]C.[Cu].[Y]. The minimum absolute atomic E-state index is 0. The van der Waals surface area contributed by atoms with Gasteiger partial charge in [0.25, 0.3) is 0 Å². The van der Waals surface area contributed by atoms with Crippen molar-refractivity contribution in [1.82, 2.24) is 0 Å². The molecule has 0 aromatic heterocycles. The summed E-state index contributed by atoms with van der Waals surface area (Å²) in [7, 11) is 4.73. The van der Waals surface area contributed by atoms with E-state index in [1.54, 1.807) is 156 Å². The topological polar surface area (TPSA) is 170 Å². The number of carboxylic acids is 1. The smallest absolute Gasteiger partial charge is 0.341 e. The molecule has 4 aliphatic rings. The van der Waals surface area contributed by atoms with Crippen molar-refractivity contribution in [2.24, 2.45) is 0 Å². The Kier molecular flexibility index (Phi) is 47.1. The molecule has 0 saturated carbocycles. The number of ether oxygens (including phenoxy) is 10. The van der Waals surface area contributed by atoms with Crippen molar-refractivity contribution in [3.8, 4) is 97.7 Å². The predicted molar refractivity (Wildman–Crippen MR) is 533 cm³/mol. The van der Waals surface area contributed by atoms with Gasteiger partial charge < -0.3 is 69.6 Å². The van der Waals surface area contributed by atoms with Gasteiger partial charge in [-0.2, -0.15) is 22.7 Å². The Hall–Kier alpha value is -3.02. The molecule has 14 nitrogen and oxygen atoms in total. The van der Waals surface area contributed by atoms with Crippen molar-refractivity contribution < 1.29 is 117 Å². The Labute approximate surface area is 901 Å². The second-order valence-corrected chi connectivity index (χ2v) is 37.6. The summed E-state index contributed by atoms with van der Waals surface area (Å²) in [5, 5.41) is 35.8.